The van der Waals surface area contributed by atoms with Crippen molar-refractivity contribution in [1.29, 1.82) is 0 Å². The summed E-state index contributed by atoms with van der Waals surface area (Å²) in [6.45, 7) is 10.7. The quantitative estimate of drug-likeness (QED) is 0.0372. The van der Waals surface area contributed by atoms with Gasteiger partial charge in [0.1, 0.15) is 12.5 Å². The van der Waals surface area contributed by atoms with Gasteiger partial charge in [0.2, 0.25) is 0 Å². The van der Waals surface area contributed by atoms with Crippen molar-refractivity contribution in [3.8, 4) is 17.2 Å². The van der Waals surface area contributed by atoms with Crippen LogP contribution in [0, 0.1) is 10.1 Å². The number of benzene rings is 2. The number of hydrogen-bond donors (Lipinski definition) is 2. The molecule has 48 heavy (non-hydrogen) atoms. The number of nitro benzene ring substituents is 1. The molecule has 10 heteroatoms. The summed E-state index contributed by atoms with van der Waals surface area (Å²) in [5.41, 5.74) is 2.90. The highest BCUT2D eigenvalue weighted by Crippen LogP contribution is 2.35. The van der Waals surface area contributed by atoms with Crippen LogP contribution in [0.2, 0.25) is 0 Å². The molecular weight excluding hydrogens is 604 g/mol. The highest BCUT2D eigenvalue weighted by molar-refractivity contribution is 5.50. The van der Waals surface area contributed by atoms with Crippen molar-refractivity contribution in [2.24, 2.45) is 0 Å². The highest BCUT2D eigenvalue weighted by atomic mass is 16.6. The Hall–Kier alpha value is -3.92. The second-order valence-corrected chi connectivity index (χ2v) is 14.0. The van der Waals surface area contributed by atoms with Crippen molar-refractivity contribution in [3.05, 3.63) is 75.7 Å². The second-order valence-electron chi connectivity index (χ2n) is 14.0. The van der Waals surface area contributed by atoms with E-state index in [0.29, 0.717) is 17.3 Å². The highest BCUT2D eigenvalue weighted by Gasteiger charge is 2.21. The third-order valence-corrected chi connectivity index (χ3v) is 8.86. The molecule has 4 rings (SSSR count). The Morgan fingerprint density at radius 1 is 0.875 bits per heavy atom. The summed E-state index contributed by atoms with van der Waals surface area (Å²) >= 11 is 0. The summed E-state index contributed by atoms with van der Waals surface area (Å²) in [4.78, 5) is 11.1. The van der Waals surface area contributed by atoms with Crippen molar-refractivity contribution in [3.63, 3.8) is 0 Å². The summed E-state index contributed by atoms with van der Waals surface area (Å²) in [5.74, 6) is 2.08. The molecule has 0 saturated heterocycles. The van der Waals surface area contributed by atoms with E-state index in [0.717, 1.165) is 24.2 Å². The Morgan fingerprint density at radius 2 is 1.54 bits per heavy atom. The van der Waals surface area contributed by atoms with Gasteiger partial charge in [-0.3, -0.25) is 20.5 Å². The molecule has 0 fully saturated rings. The lowest BCUT2D eigenvalue weighted by molar-refractivity contribution is -0.385. The largest absolute Gasteiger partial charge is 0.474 e. The third kappa shape index (κ3) is 11.4. The molecule has 1 unspecified atom stereocenters. The van der Waals surface area contributed by atoms with Crippen LogP contribution in [-0.2, 0) is 11.8 Å². The minimum Gasteiger partial charge on any atom is -0.474 e. The Bertz CT molecular complexity index is 1560. The number of unbranched alkanes of at least 4 members (excludes halogenated alkanes) is 12. The van der Waals surface area contributed by atoms with Crippen molar-refractivity contribution >= 4 is 11.3 Å². The summed E-state index contributed by atoms with van der Waals surface area (Å²) in [6, 6.07) is 14.3. The van der Waals surface area contributed by atoms with E-state index in [4.69, 9.17) is 9.47 Å². The summed E-state index contributed by atoms with van der Waals surface area (Å²) < 4.78 is 14.1. The standard InChI is InChI=1S/C38H56N6O4/c1-6-7-8-9-10-11-12-13-14-15-16-17-18-20-30-21-19-22-32(25-30)48-33-24-23-31(44(45)46)26-34(33)47-28-39-29(2)37-41-40-36-27-35(38(3,4)5)42-43(36)37/h19,21-27,29,39,42H,6-18,20,28H2,1-5H3. The maximum Gasteiger partial charge on any atom is 0.273 e. The van der Waals surface area contributed by atoms with E-state index >= 15 is 0 Å². The minimum atomic E-state index is -0.437. The molecule has 0 aliphatic heterocycles. The number of fused-ring (bicyclic) bond motifs is 1. The first-order chi connectivity index (χ1) is 23.2. The first-order valence-electron chi connectivity index (χ1n) is 18.0. The molecule has 262 valence electrons. The number of nitrogens with one attached hydrogen (secondary N) is 2. The second kappa shape index (κ2) is 18.6. The number of H-pyrrole nitrogens is 1. The van der Waals surface area contributed by atoms with Crippen LogP contribution >= 0.6 is 0 Å². The molecule has 0 amide bonds. The van der Waals surface area contributed by atoms with Crippen molar-refractivity contribution in [2.45, 2.75) is 136 Å². The number of aryl methyl sites for hydroxylation is 1. The zero-order valence-corrected chi connectivity index (χ0v) is 29.7. The fourth-order valence-corrected chi connectivity index (χ4v) is 5.84. The predicted molar refractivity (Wildman–Crippen MR) is 192 cm³/mol. The van der Waals surface area contributed by atoms with Crippen LogP contribution in [0.15, 0.2) is 48.5 Å². The smallest absolute Gasteiger partial charge is 0.273 e. The Kier molecular flexibility index (Phi) is 14.3. The zero-order valence-electron chi connectivity index (χ0n) is 29.7. The molecule has 0 aliphatic carbocycles. The molecular formula is C38H56N6O4. The van der Waals surface area contributed by atoms with Gasteiger partial charge >= 0.3 is 0 Å². The number of rotatable bonds is 22. The Balaban J connectivity index is 1.25. The van der Waals surface area contributed by atoms with Crippen LogP contribution in [0.5, 0.6) is 17.2 Å². The van der Waals surface area contributed by atoms with Gasteiger partial charge in [-0.15, -0.1) is 10.2 Å². The lowest BCUT2D eigenvalue weighted by Crippen LogP contribution is -2.25. The molecule has 2 aromatic carbocycles. The fourth-order valence-electron chi connectivity index (χ4n) is 5.84. The maximum absolute atomic E-state index is 11.5. The molecule has 0 spiro atoms. The fraction of sp³-hybridized carbons (Fsp3) is 0.579. The van der Waals surface area contributed by atoms with Gasteiger partial charge in [0.05, 0.1) is 17.0 Å². The molecule has 2 heterocycles. The van der Waals surface area contributed by atoms with Crippen LogP contribution in [0.3, 0.4) is 0 Å². The third-order valence-electron chi connectivity index (χ3n) is 8.86. The average molecular weight is 661 g/mol. The average Bonchev–Trinajstić information content (AvgIpc) is 3.66. The number of nitro groups is 1. The molecule has 0 bridgehead atoms. The van der Waals surface area contributed by atoms with E-state index in [-0.39, 0.29) is 29.6 Å². The van der Waals surface area contributed by atoms with E-state index < -0.39 is 4.92 Å². The van der Waals surface area contributed by atoms with Crippen molar-refractivity contribution < 1.29 is 14.4 Å². The molecule has 0 saturated carbocycles. The van der Waals surface area contributed by atoms with E-state index in [9.17, 15) is 10.1 Å². The summed E-state index contributed by atoms with van der Waals surface area (Å²) in [5, 5.41) is 26.8. The van der Waals surface area contributed by atoms with Gasteiger partial charge in [-0.25, -0.2) is 4.52 Å². The van der Waals surface area contributed by atoms with Gasteiger partial charge in [0.15, 0.2) is 23.0 Å². The lowest BCUT2D eigenvalue weighted by atomic mass is 9.93. The first kappa shape index (κ1) is 36.9. The number of aromatic nitrogens is 4. The number of hydrogen-bond acceptors (Lipinski definition) is 7. The van der Waals surface area contributed by atoms with Crippen LogP contribution < -0.4 is 14.8 Å². The van der Waals surface area contributed by atoms with Gasteiger partial charge in [0, 0.05) is 23.2 Å². The molecule has 0 aliphatic rings. The molecule has 2 N–H and O–H groups in total. The summed E-state index contributed by atoms with van der Waals surface area (Å²) in [7, 11) is 0. The predicted octanol–water partition coefficient (Wildman–Crippen LogP) is 10.4. The summed E-state index contributed by atoms with van der Waals surface area (Å²) in [6.07, 6.45) is 18.4. The molecule has 10 nitrogen and oxygen atoms in total. The van der Waals surface area contributed by atoms with Crippen molar-refractivity contribution in [1.82, 2.24) is 25.1 Å². The molecule has 4 aromatic rings. The normalized spacial score (nSPS) is 12.4. The maximum atomic E-state index is 11.5. The SMILES string of the molecule is CCCCCCCCCCCCCCCc1cccc(Oc2ccc([N+](=O)[O-])cc2OCNC(C)c2nnc3cc(C(C)(C)C)[nH]n23)c1. The number of ether oxygens (including phenoxy) is 2. The van der Waals surface area contributed by atoms with E-state index in [2.05, 4.69) is 54.4 Å². The number of non-ortho nitro benzene ring substituents is 1. The van der Waals surface area contributed by atoms with Crippen LogP contribution in [0.1, 0.15) is 141 Å². The Labute approximate surface area is 286 Å². The van der Waals surface area contributed by atoms with E-state index in [1.165, 1.54) is 94.7 Å². The zero-order chi connectivity index (χ0) is 34.4. The minimum absolute atomic E-state index is 0.0537. The monoisotopic (exact) mass is 660 g/mol. The van der Waals surface area contributed by atoms with Crippen molar-refractivity contribution in [2.75, 3.05) is 6.73 Å². The topological polar surface area (TPSA) is 120 Å². The van der Waals surface area contributed by atoms with Crippen LogP contribution in [0.4, 0.5) is 5.69 Å². The van der Waals surface area contributed by atoms with Gasteiger partial charge in [-0.05, 0) is 43.5 Å². The van der Waals surface area contributed by atoms with E-state index in [1.54, 1.807) is 6.07 Å². The van der Waals surface area contributed by atoms with Gasteiger partial charge < -0.3 is 9.47 Å². The number of aromatic amines is 1. The van der Waals surface area contributed by atoms with Crippen LogP contribution in [0.25, 0.3) is 5.65 Å². The van der Waals surface area contributed by atoms with E-state index in [1.807, 2.05) is 35.7 Å². The number of nitrogens with zero attached hydrogens (tertiary/aromatic N) is 4. The lowest BCUT2D eigenvalue weighted by Gasteiger charge is -2.17. The van der Waals surface area contributed by atoms with Gasteiger partial charge in [-0.1, -0.05) is 117 Å². The van der Waals surface area contributed by atoms with Gasteiger partial charge in [-0.2, -0.15) is 0 Å². The van der Waals surface area contributed by atoms with Crippen LogP contribution in [-0.4, -0.2) is 31.5 Å². The molecule has 0 radical (unpaired) electrons. The molecule has 1 atom stereocenters. The van der Waals surface area contributed by atoms with Gasteiger partial charge in [0.25, 0.3) is 5.69 Å². The first-order valence-corrected chi connectivity index (χ1v) is 18.0. The molecule has 2 aromatic heterocycles. The Morgan fingerprint density at radius 3 is 2.19 bits per heavy atom.